The van der Waals surface area contributed by atoms with Crippen molar-refractivity contribution < 1.29 is 9.13 Å². The maximum atomic E-state index is 14.2. The summed E-state index contributed by atoms with van der Waals surface area (Å²) in [6.45, 7) is 2.00. The van der Waals surface area contributed by atoms with E-state index in [0.717, 1.165) is 40.9 Å². The molecule has 114 valence electrons. The van der Waals surface area contributed by atoms with Crippen molar-refractivity contribution in [2.45, 2.75) is 13.0 Å². The quantitative estimate of drug-likeness (QED) is 0.894. The van der Waals surface area contributed by atoms with Gasteiger partial charge in [0.05, 0.1) is 0 Å². The summed E-state index contributed by atoms with van der Waals surface area (Å²) in [5.41, 5.74) is 1.75. The molecule has 1 aliphatic heterocycles. The van der Waals surface area contributed by atoms with Gasteiger partial charge in [-0.2, -0.15) is 0 Å². The molecule has 0 aromatic heterocycles. The molecule has 0 radical (unpaired) electrons. The molecule has 22 heavy (non-hydrogen) atoms. The van der Waals surface area contributed by atoms with Crippen molar-refractivity contribution in [2.24, 2.45) is 4.99 Å². The minimum absolute atomic E-state index is 0.253. The molecule has 0 aliphatic carbocycles. The van der Waals surface area contributed by atoms with E-state index in [-0.39, 0.29) is 11.6 Å². The van der Waals surface area contributed by atoms with E-state index in [1.165, 1.54) is 6.07 Å². The lowest BCUT2D eigenvalue weighted by atomic mass is 10.1. The third-order valence-corrected chi connectivity index (χ3v) is 3.94. The number of hydrogen-bond acceptors (Lipinski definition) is 3. The van der Waals surface area contributed by atoms with Crippen LogP contribution < -0.4 is 10.1 Å². The van der Waals surface area contributed by atoms with Gasteiger partial charge < -0.3 is 10.1 Å². The van der Waals surface area contributed by atoms with Gasteiger partial charge in [0, 0.05) is 23.1 Å². The molecule has 2 aromatic carbocycles. The standard InChI is InChI=1S/C17H16BrFN2O/c18-14-5-2-12(3-6-14)11-22-16-7-4-13(10-15(16)19)17-20-8-1-9-21-17/h2-7,10H,1,8-9,11H2,(H,20,21). The number of nitrogens with one attached hydrogen (secondary N) is 1. The maximum Gasteiger partial charge on any atom is 0.165 e. The zero-order valence-electron chi connectivity index (χ0n) is 12.0. The summed E-state index contributed by atoms with van der Waals surface area (Å²) in [5.74, 6) is 0.636. The Morgan fingerprint density at radius 1 is 1.18 bits per heavy atom. The second kappa shape index (κ2) is 6.92. The lowest BCUT2D eigenvalue weighted by Gasteiger charge is -2.15. The first-order chi connectivity index (χ1) is 10.7. The molecule has 3 rings (SSSR count). The van der Waals surface area contributed by atoms with Crippen LogP contribution in [0.25, 0.3) is 0 Å². The summed E-state index contributed by atoms with van der Waals surface area (Å²) in [5, 5.41) is 3.18. The highest BCUT2D eigenvalue weighted by molar-refractivity contribution is 9.10. The van der Waals surface area contributed by atoms with Gasteiger partial charge in [-0.25, -0.2) is 4.39 Å². The molecule has 0 saturated carbocycles. The molecule has 0 amide bonds. The molecule has 0 spiro atoms. The Hall–Kier alpha value is -1.88. The van der Waals surface area contributed by atoms with Crippen LogP contribution in [0.4, 0.5) is 4.39 Å². The average Bonchev–Trinajstić information content (AvgIpc) is 2.56. The van der Waals surface area contributed by atoms with Gasteiger partial charge in [0.25, 0.3) is 0 Å². The fourth-order valence-electron chi connectivity index (χ4n) is 2.23. The lowest BCUT2D eigenvalue weighted by Crippen LogP contribution is -2.30. The van der Waals surface area contributed by atoms with Crippen LogP contribution in [0.3, 0.4) is 0 Å². The van der Waals surface area contributed by atoms with Gasteiger partial charge in [-0.1, -0.05) is 28.1 Å². The molecule has 3 nitrogen and oxygen atoms in total. The minimum atomic E-state index is -0.371. The number of aliphatic imine (C=N–C) groups is 1. The highest BCUT2D eigenvalue weighted by Crippen LogP contribution is 2.21. The molecule has 5 heteroatoms. The van der Waals surface area contributed by atoms with Crippen LogP contribution in [0.1, 0.15) is 17.5 Å². The number of halogens is 2. The monoisotopic (exact) mass is 362 g/mol. The highest BCUT2D eigenvalue weighted by atomic mass is 79.9. The van der Waals surface area contributed by atoms with Gasteiger partial charge in [0.15, 0.2) is 11.6 Å². The Kier molecular flexibility index (Phi) is 4.73. The number of nitrogens with zero attached hydrogens (tertiary/aromatic N) is 1. The molecule has 0 atom stereocenters. The zero-order valence-corrected chi connectivity index (χ0v) is 13.6. The first-order valence-corrected chi connectivity index (χ1v) is 7.97. The Balaban J connectivity index is 1.69. The third-order valence-electron chi connectivity index (χ3n) is 3.41. The maximum absolute atomic E-state index is 14.2. The van der Waals surface area contributed by atoms with Crippen LogP contribution in [-0.4, -0.2) is 18.9 Å². The van der Waals surface area contributed by atoms with E-state index in [2.05, 4.69) is 26.2 Å². The molecule has 1 aliphatic rings. The van der Waals surface area contributed by atoms with Crippen LogP contribution in [0.2, 0.25) is 0 Å². The molecule has 1 heterocycles. The molecule has 0 bridgehead atoms. The molecule has 0 unspecified atom stereocenters. The van der Waals surface area contributed by atoms with Crippen LogP contribution in [-0.2, 0) is 6.61 Å². The predicted molar refractivity (Wildman–Crippen MR) is 88.9 cm³/mol. The number of rotatable bonds is 4. The normalized spacial score (nSPS) is 14.2. The first-order valence-electron chi connectivity index (χ1n) is 7.18. The van der Waals surface area contributed by atoms with Crippen molar-refractivity contribution in [1.29, 1.82) is 0 Å². The summed E-state index contributed by atoms with van der Waals surface area (Å²) in [7, 11) is 0. The second-order valence-electron chi connectivity index (χ2n) is 5.07. The second-order valence-corrected chi connectivity index (χ2v) is 5.99. The number of amidine groups is 1. The summed E-state index contributed by atoms with van der Waals surface area (Å²) < 4.78 is 20.7. The third kappa shape index (κ3) is 3.65. The van der Waals surface area contributed by atoms with E-state index in [9.17, 15) is 4.39 Å². The SMILES string of the molecule is Fc1cc(C2=NCCCN2)ccc1OCc1ccc(Br)cc1. The van der Waals surface area contributed by atoms with E-state index in [0.29, 0.717) is 6.61 Å². The Bertz CT molecular complexity index is 686. The molecular weight excluding hydrogens is 347 g/mol. The van der Waals surface area contributed by atoms with E-state index in [4.69, 9.17) is 4.74 Å². The van der Waals surface area contributed by atoms with Crippen LogP contribution in [0.15, 0.2) is 51.9 Å². The van der Waals surface area contributed by atoms with Crippen LogP contribution >= 0.6 is 15.9 Å². The molecule has 2 aromatic rings. The summed E-state index contributed by atoms with van der Waals surface area (Å²) in [4.78, 5) is 4.37. The zero-order chi connectivity index (χ0) is 15.4. The molecule has 1 N–H and O–H groups in total. The Morgan fingerprint density at radius 2 is 2.00 bits per heavy atom. The summed E-state index contributed by atoms with van der Waals surface area (Å²) >= 11 is 3.38. The van der Waals surface area contributed by atoms with Gasteiger partial charge in [0.2, 0.25) is 0 Å². The van der Waals surface area contributed by atoms with Crippen molar-refractivity contribution in [3.05, 3.63) is 63.9 Å². The Labute approximate surface area is 137 Å². The van der Waals surface area contributed by atoms with E-state index in [1.807, 2.05) is 30.3 Å². The number of benzene rings is 2. The van der Waals surface area contributed by atoms with Crippen molar-refractivity contribution in [3.63, 3.8) is 0 Å². The Morgan fingerprint density at radius 3 is 2.68 bits per heavy atom. The summed E-state index contributed by atoms with van der Waals surface area (Å²) in [6, 6.07) is 12.7. The van der Waals surface area contributed by atoms with Gasteiger partial charge in [-0.3, -0.25) is 4.99 Å². The van der Waals surface area contributed by atoms with Gasteiger partial charge in [-0.05, 0) is 42.3 Å². The molecule has 0 saturated heterocycles. The number of hydrogen-bond donors (Lipinski definition) is 1. The smallest absolute Gasteiger partial charge is 0.165 e. The molecular formula is C17H16BrFN2O. The van der Waals surface area contributed by atoms with E-state index in [1.54, 1.807) is 6.07 Å². The number of ether oxygens (including phenoxy) is 1. The average molecular weight is 363 g/mol. The van der Waals surface area contributed by atoms with Crippen molar-refractivity contribution in [1.82, 2.24) is 5.32 Å². The van der Waals surface area contributed by atoms with Crippen molar-refractivity contribution in [2.75, 3.05) is 13.1 Å². The lowest BCUT2D eigenvalue weighted by molar-refractivity contribution is 0.290. The topological polar surface area (TPSA) is 33.6 Å². The van der Waals surface area contributed by atoms with Crippen LogP contribution in [0, 0.1) is 5.82 Å². The highest BCUT2D eigenvalue weighted by Gasteiger charge is 2.11. The summed E-state index contributed by atoms with van der Waals surface area (Å²) in [6.07, 6.45) is 1.01. The van der Waals surface area contributed by atoms with Gasteiger partial charge in [0.1, 0.15) is 12.4 Å². The fraction of sp³-hybridized carbons (Fsp3) is 0.235. The minimum Gasteiger partial charge on any atom is -0.486 e. The van der Waals surface area contributed by atoms with E-state index >= 15 is 0 Å². The first kappa shape index (κ1) is 15.0. The van der Waals surface area contributed by atoms with Gasteiger partial charge >= 0.3 is 0 Å². The van der Waals surface area contributed by atoms with Crippen molar-refractivity contribution in [3.8, 4) is 5.75 Å². The van der Waals surface area contributed by atoms with Crippen molar-refractivity contribution >= 4 is 21.8 Å². The molecule has 0 fully saturated rings. The predicted octanol–water partition coefficient (Wildman–Crippen LogP) is 3.91. The van der Waals surface area contributed by atoms with Gasteiger partial charge in [-0.15, -0.1) is 0 Å². The fourth-order valence-corrected chi connectivity index (χ4v) is 2.50. The van der Waals surface area contributed by atoms with Crippen LogP contribution in [0.5, 0.6) is 5.75 Å². The largest absolute Gasteiger partial charge is 0.486 e. The van der Waals surface area contributed by atoms with E-state index < -0.39 is 0 Å².